The Morgan fingerprint density at radius 2 is 1.77 bits per heavy atom. The van der Waals surface area contributed by atoms with Crippen LogP contribution in [0.1, 0.15) is 22.7 Å². The summed E-state index contributed by atoms with van der Waals surface area (Å²) in [5.41, 5.74) is 4.04. The van der Waals surface area contributed by atoms with Gasteiger partial charge in [-0.15, -0.1) is 17.0 Å². The summed E-state index contributed by atoms with van der Waals surface area (Å²) >= 11 is 1.84. The molecule has 2 nitrogen and oxygen atoms in total. The summed E-state index contributed by atoms with van der Waals surface area (Å²) in [5, 5.41) is 6.98. The van der Waals surface area contributed by atoms with Crippen LogP contribution in [0.2, 0.25) is 0 Å². The fourth-order valence-corrected chi connectivity index (χ4v) is 3.58. The summed E-state index contributed by atoms with van der Waals surface area (Å²) in [6, 6.07) is 16.0. The van der Waals surface area contributed by atoms with Gasteiger partial charge in [-0.2, -0.15) is 0 Å². The van der Waals surface area contributed by atoms with E-state index < -0.39 is 0 Å². The number of piperazine rings is 1. The number of rotatable bonds is 3. The lowest BCUT2D eigenvalue weighted by Gasteiger charge is -2.25. The molecule has 0 amide bonds. The molecule has 1 unspecified atom stereocenters. The quantitative estimate of drug-likeness (QED) is 0.833. The van der Waals surface area contributed by atoms with E-state index in [1.54, 1.807) is 0 Å². The normalized spacial score (nSPS) is 17.8. The van der Waals surface area contributed by atoms with Crippen molar-refractivity contribution in [2.24, 2.45) is 0 Å². The molecule has 0 radical (unpaired) electrons. The van der Waals surface area contributed by atoms with E-state index in [4.69, 9.17) is 0 Å². The van der Waals surface area contributed by atoms with E-state index in [2.05, 4.69) is 66.9 Å². The van der Waals surface area contributed by atoms with Crippen molar-refractivity contribution in [1.29, 1.82) is 0 Å². The van der Waals surface area contributed by atoms with E-state index in [0.717, 1.165) is 19.6 Å². The van der Waals surface area contributed by atoms with E-state index >= 15 is 0 Å². The van der Waals surface area contributed by atoms with Crippen LogP contribution in [0.5, 0.6) is 0 Å². The highest BCUT2D eigenvalue weighted by Gasteiger charge is 2.13. The van der Waals surface area contributed by atoms with Gasteiger partial charge in [-0.25, -0.2) is 0 Å². The van der Waals surface area contributed by atoms with E-state index in [-0.39, 0.29) is 17.0 Å². The predicted octanol–water partition coefficient (Wildman–Crippen LogP) is 4.27. The van der Waals surface area contributed by atoms with Gasteiger partial charge >= 0.3 is 0 Å². The Kier molecular flexibility index (Phi) is 6.50. The molecule has 0 spiro atoms. The molecule has 22 heavy (non-hydrogen) atoms. The molecule has 1 atom stereocenters. The second kappa shape index (κ2) is 8.16. The zero-order chi connectivity index (χ0) is 14.7. The zero-order valence-electron chi connectivity index (χ0n) is 13.1. The van der Waals surface area contributed by atoms with Gasteiger partial charge < -0.3 is 10.6 Å². The molecule has 4 heteroatoms. The van der Waals surface area contributed by atoms with Gasteiger partial charge in [0.2, 0.25) is 0 Å². The van der Waals surface area contributed by atoms with E-state index in [9.17, 15) is 0 Å². The molecule has 0 aromatic heterocycles. The number of hydrogen-bond acceptors (Lipinski definition) is 3. The standard InChI is InChI=1S/C18H22N2S.BrH/c1-13-3-8-18(14(2)11-13)21-16-6-4-15(5-7-16)17-12-19-9-10-20-17;/h3-8,11,17,19-20H,9-10,12H2,1-2H3;1H. The summed E-state index contributed by atoms with van der Waals surface area (Å²) in [7, 11) is 0. The second-order valence-corrected chi connectivity index (χ2v) is 6.77. The van der Waals surface area contributed by atoms with Gasteiger partial charge in [0.25, 0.3) is 0 Å². The summed E-state index contributed by atoms with van der Waals surface area (Å²) in [4.78, 5) is 2.64. The van der Waals surface area contributed by atoms with Gasteiger partial charge in [0, 0.05) is 35.5 Å². The first kappa shape index (κ1) is 17.5. The summed E-state index contributed by atoms with van der Waals surface area (Å²) < 4.78 is 0. The fraction of sp³-hybridized carbons (Fsp3) is 0.333. The van der Waals surface area contributed by atoms with E-state index in [1.165, 1.54) is 26.5 Å². The maximum atomic E-state index is 3.55. The number of aryl methyl sites for hydroxylation is 2. The number of benzene rings is 2. The molecule has 1 aliphatic rings. The van der Waals surface area contributed by atoms with Crippen molar-refractivity contribution in [3.8, 4) is 0 Å². The third-order valence-electron chi connectivity index (χ3n) is 3.88. The number of hydrogen-bond donors (Lipinski definition) is 2. The molecule has 0 aliphatic carbocycles. The van der Waals surface area contributed by atoms with Crippen LogP contribution in [0.4, 0.5) is 0 Å². The molecule has 0 bridgehead atoms. The average molecular weight is 379 g/mol. The molecule has 1 fully saturated rings. The average Bonchev–Trinajstić information content (AvgIpc) is 2.52. The monoisotopic (exact) mass is 378 g/mol. The van der Waals surface area contributed by atoms with Crippen LogP contribution in [0.25, 0.3) is 0 Å². The smallest absolute Gasteiger partial charge is 0.0447 e. The lowest BCUT2D eigenvalue weighted by molar-refractivity contribution is 0.430. The van der Waals surface area contributed by atoms with Crippen LogP contribution < -0.4 is 10.6 Å². The van der Waals surface area contributed by atoms with Gasteiger partial charge in [-0.3, -0.25) is 0 Å². The van der Waals surface area contributed by atoms with Crippen molar-refractivity contribution in [3.05, 3.63) is 59.2 Å². The van der Waals surface area contributed by atoms with Gasteiger partial charge in [-0.05, 0) is 43.2 Å². The van der Waals surface area contributed by atoms with Crippen molar-refractivity contribution in [3.63, 3.8) is 0 Å². The Balaban J connectivity index is 0.00000176. The lowest BCUT2D eigenvalue weighted by atomic mass is 10.1. The van der Waals surface area contributed by atoms with Crippen LogP contribution in [0.15, 0.2) is 52.3 Å². The first-order chi connectivity index (χ1) is 10.2. The lowest BCUT2D eigenvalue weighted by Crippen LogP contribution is -2.42. The molecule has 2 aromatic carbocycles. The van der Waals surface area contributed by atoms with E-state index in [0.29, 0.717) is 6.04 Å². The molecule has 1 aliphatic heterocycles. The van der Waals surface area contributed by atoms with Crippen molar-refractivity contribution >= 4 is 28.7 Å². The molecule has 118 valence electrons. The maximum absolute atomic E-state index is 3.55. The molecule has 2 aromatic rings. The zero-order valence-corrected chi connectivity index (χ0v) is 15.6. The Bertz CT molecular complexity index is 607. The molecule has 3 rings (SSSR count). The van der Waals surface area contributed by atoms with Crippen LogP contribution in [-0.4, -0.2) is 19.6 Å². The van der Waals surface area contributed by atoms with Crippen molar-refractivity contribution < 1.29 is 0 Å². The van der Waals surface area contributed by atoms with Crippen LogP contribution in [-0.2, 0) is 0 Å². The first-order valence-electron chi connectivity index (χ1n) is 7.51. The Morgan fingerprint density at radius 1 is 1.00 bits per heavy atom. The molecular weight excluding hydrogens is 356 g/mol. The minimum Gasteiger partial charge on any atom is -0.314 e. The van der Waals surface area contributed by atoms with Crippen molar-refractivity contribution in [2.45, 2.75) is 29.7 Å². The topological polar surface area (TPSA) is 24.1 Å². The summed E-state index contributed by atoms with van der Waals surface area (Å²) in [5.74, 6) is 0. The van der Waals surface area contributed by atoms with Crippen LogP contribution in [0.3, 0.4) is 0 Å². The number of nitrogens with one attached hydrogen (secondary N) is 2. The third-order valence-corrected chi connectivity index (χ3v) is 5.07. The Labute approximate surface area is 147 Å². The highest BCUT2D eigenvalue weighted by molar-refractivity contribution is 8.93. The molecule has 2 N–H and O–H groups in total. The number of halogens is 1. The summed E-state index contributed by atoms with van der Waals surface area (Å²) in [6.45, 7) is 7.45. The van der Waals surface area contributed by atoms with Crippen molar-refractivity contribution in [1.82, 2.24) is 10.6 Å². The van der Waals surface area contributed by atoms with Crippen LogP contribution in [0, 0.1) is 13.8 Å². The SMILES string of the molecule is Br.Cc1ccc(Sc2ccc(C3CNCCN3)cc2)c(C)c1. The van der Waals surface area contributed by atoms with Gasteiger partial charge in [-0.1, -0.05) is 41.6 Å². The molecule has 1 heterocycles. The Hall–Kier alpha value is -0.810. The van der Waals surface area contributed by atoms with Crippen molar-refractivity contribution in [2.75, 3.05) is 19.6 Å². The Morgan fingerprint density at radius 3 is 2.41 bits per heavy atom. The molecular formula is C18H23BrN2S. The first-order valence-corrected chi connectivity index (χ1v) is 8.33. The minimum atomic E-state index is 0. The van der Waals surface area contributed by atoms with Gasteiger partial charge in [0.05, 0.1) is 0 Å². The highest BCUT2D eigenvalue weighted by atomic mass is 79.9. The second-order valence-electron chi connectivity index (χ2n) is 5.65. The minimum absolute atomic E-state index is 0. The molecule has 0 saturated carbocycles. The van der Waals surface area contributed by atoms with Crippen LogP contribution >= 0.6 is 28.7 Å². The molecule has 1 saturated heterocycles. The summed E-state index contributed by atoms with van der Waals surface area (Å²) in [6.07, 6.45) is 0. The maximum Gasteiger partial charge on any atom is 0.0447 e. The fourth-order valence-electron chi connectivity index (χ4n) is 2.70. The van der Waals surface area contributed by atoms with Gasteiger partial charge in [0.1, 0.15) is 0 Å². The van der Waals surface area contributed by atoms with E-state index in [1.807, 2.05) is 11.8 Å². The predicted molar refractivity (Wildman–Crippen MR) is 100 cm³/mol. The highest BCUT2D eigenvalue weighted by Crippen LogP contribution is 2.31. The van der Waals surface area contributed by atoms with Gasteiger partial charge in [0.15, 0.2) is 0 Å². The third kappa shape index (κ3) is 4.35. The largest absolute Gasteiger partial charge is 0.314 e.